The van der Waals surface area contributed by atoms with Gasteiger partial charge in [0, 0.05) is 30.4 Å². The minimum absolute atomic E-state index is 0.435. The van der Waals surface area contributed by atoms with E-state index >= 15 is 0 Å². The van der Waals surface area contributed by atoms with Crippen molar-refractivity contribution in [1.29, 1.82) is 0 Å². The molecule has 0 bridgehead atoms. The summed E-state index contributed by atoms with van der Waals surface area (Å²) in [6.07, 6.45) is 4.57. The molecule has 0 amide bonds. The third kappa shape index (κ3) is 4.64. The number of aryl methyl sites for hydroxylation is 2. The van der Waals surface area contributed by atoms with Crippen molar-refractivity contribution in [2.45, 2.75) is 46.6 Å². The summed E-state index contributed by atoms with van der Waals surface area (Å²) in [5, 5.41) is 9.16. The molecule has 0 N–H and O–H groups in total. The molecule has 3 aromatic rings. The Balaban J connectivity index is 1.92. The lowest BCUT2D eigenvalue weighted by Gasteiger charge is -2.22. The number of likely N-dealkylation sites (N-methyl/N-ethyl adjacent to an activating group) is 1. The van der Waals surface area contributed by atoms with Gasteiger partial charge in [0.25, 0.3) is 0 Å². The number of fused-ring (bicyclic) bond motifs is 1. The second-order valence-electron chi connectivity index (χ2n) is 9.77. The van der Waals surface area contributed by atoms with E-state index in [1.54, 1.807) is 11.7 Å². The lowest BCUT2D eigenvalue weighted by atomic mass is 10.0. The first-order valence-electron chi connectivity index (χ1n) is 11.2. The molecular weight excluding hydrogens is 416 g/mol. The summed E-state index contributed by atoms with van der Waals surface area (Å²) in [5.41, 5.74) is 6.46. The van der Waals surface area contributed by atoms with Gasteiger partial charge in [0.1, 0.15) is 16.9 Å². The third-order valence-corrected chi connectivity index (χ3v) is 5.74. The average molecular weight is 449 g/mol. The maximum Gasteiger partial charge on any atom is 0.419 e. The zero-order valence-electron chi connectivity index (χ0n) is 20.5. The van der Waals surface area contributed by atoms with E-state index in [1.807, 2.05) is 52.9 Å². The summed E-state index contributed by atoms with van der Waals surface area (Å²) >= 11 is 0. The predicted octanol–water partition coefficient (Wildman–Crippen LogP) is 5.23. The van der Waals surface area contributed by atoms with E-state index in [2.05, 4.69) is 34.3 Å². The van der Waals surface area contributed by atoms with Gasteiger partial charge in [-0.05, 0) is 76.9 Å². The van der Waals surface area contributed by atoms with Crippen molar-refractivity contribution in [1.82, 2.24) is 19.7 Å². The molecule has 4 rings (SSSR count). The van der Waals surface area contributed by atoms with Crippen molar-refractivity contribution in [3.05, 3.63) is 47.2 Å². The van der Waals surface area contributed by atoms with Crippen LogP contribution < -0.4 is 4.74 Å². The quantitative estimate of drug-likeness (QED) is 0.547. The second kappa shape index (κ2) is 8.63. The van der Waals surface area contributed by atoms with E-state index in [-0.39, 0.29) is 0 Å². The maximum atomic E-state index is 13.2. The first-order chi connectivity index (χ1) is 15.6. The molecule has 0 atom stereocenters. The summed E-state index contributed by atoms with van der Waals surface area (Å²) in [7, 11) is 3.74. The second-order valence-corrected chi connectivity index (χ2v) is 9.77. The fraction of sp³-hybridized carbons (Fsp3) is 0.423. The molecule has 1 aliphatic heterocycles. The molecule has 1 aliphatic rings. The fourth-order valence-electron chi connectivity index (χ4n) is 4.34. The van der Waals surface area contributed by atoms with E-state index < -0.39 is 11.7 Å². The minimum atomic E-state index is -0.613. The van der Waals surface area contributed by atoms with Crippen LogP contribution in [0.25, 0.3) is 27.9 Å². The smallest absolute Gasteiger partial charge is 0.419 e. The number of carbonyl (C=O) groups excluding carboxylic acids is 1. The number of hydrogen-bond donors (Lipinski definition) is 0. The normalized spacial score (nSPS) is 14.9. The van der Waals surface area contributed by atoms with E-state index in [1.165, 1.54) is 0 Å². The molecule has 0 fully saturated rings. The Labute approximate surface area is 195 Å². The van der Waals surface area contributed by atoms with Gasteiger partial charge in [-0.2, -0.15) is 0 Å². The van der Waals surface area contributed by atoms with E-state index in [4.69, 9.17) is 9.47 Å². The Hall–Kier alpha value is -3.19. The van der Waals surface area contributed by atoms with Crippen LogP contribution in [0.1, 0.15) is 43.9 Å². The lowest BCUT2D eigenvalue weighted by molar-refractivity contribution is 0.0544. The number of carbonyl (C=O) groups is 1. The summed E-state index contributed by atoms with van der Waals surface area (Å²) in [5.74, 6) is 0.730. The van der Waals surface area contributed by atoms with Gasteiger partial charge in [0.2, 0.25) is 0 Å². The maximum absolute atomic E-state index is 13.2. The number of aromatic nitrogens is 3. The van der Waals surface area contributed by atoms with Gasteiger partial charge >= 0.3 is 6.09 Å². The molecule has 7 heteroatoms. The van der Waals surface area contributed by atoms with Crippen molar-refractivity contribution >= 4 is 22.7 Å². The zero-order valence-corrected chi connectivity index (χ0v) is 20.5. The van der Waals surface area contributed by atoms with Crippen molar-refractivity contribution in [2.75, 3.05) is 27.2 Å². The Morgan fingerprint density at radius 3 is 2.55 bits per heavy atom. The van der Waals surface area contributed by atoms with Gasteiger partial charge in [-0.25, -0.2) is 4.79 Å². The van der Waals surface area contributed by atoms with E-state index in [0.29, 0.717) is 16.7 Å². The van der Waals surface area contributed by atoms with Crippen molar-refractivity contribution in [3.8, 4) is 17.0 Å². The van der Waals surface area contributed by atoms with Crippen LogP contribution in [0.4, 0.5) is 4.79 Å². The lowest BCUT2D eigenvalue weighted by Crippen LogP contribution is -2.27. The van der Waals surface area contributed by atoms with Crippen LogP contribution in [0, 0.1) is 13.8 Å². The van der Waals surface area contributed by atoms with Crippen molar-refractivity contribution < 1.29 is 14.3 Å². The largest absolute Gasteiger partial charge is 0.496 e. The van der Waals surface area contributed by atoms with E-state index in [0.717, 1.165) is 53.1 Å². The molecular formula is C26H32N4O3. The number of ether oxygens (including phenoxy) is 2. The van der Waals surface area contributed by atoms with Gasteiger partial charge in [-0.1, -0.05) is 12.1 Å². The highest BCUT2D eigenvalue weighted by molar-refractivity contribution is 5.97. The summed E-state index contributed by atoms with van der Waals surface area (Å²) < 4.78 is 12.9. The van der Waals surface area contributed by atoms with Crippen molar-refractivity contribution in [3.63, 3.8) is 0 Å². The highest BCUT2D eigenvalue weighted by Crippen LogP contribution is 2.36. The molecule has 174 valence electrons. The Morgan fingerprint density at radius 2 is 1.88 bits per heavy atom. The molecule has 2 aromatic heterocycles. The fourth-order valence-corrected chi connectivity index (χ4v) is 4.34. The molecule has 33 heavy (non-hydrogen) atoms. The number of rotatable bonds is 3. The zero-order chi connectivity index (χ0) is 23.9. The molecule has 3 heterocycles. The van der Waals surface area contributed by atoms with Crippen LogP contribution in [0.15, 0.2) is 30.5 Å². The molecule has 0 saturated heterocycles. The van der Waals surface area contributed by atoms with Crippen LogP contribution in [0.5, 0.6) is 5.75 Å². The van der Waals surface area contributed by atoms with Gasteiger partial charge in [0.05, 0.1) is 18.3 Å². The van der Waals surface area contributed by atoms with E-state index in [9.17, 15) is 4.79 Å². The predicted molar refractivity (Wildman–Crippen MR) is 131 cm³/mol. The number of benzene rings is 1. The Morgan fingerprint density at radius 1 is 1.12 bits per heavy atom. The van der Waals surface area contributed by atoms with Crippen LogP contribution in [-0.4, -0.2) is 58.6 Å². The van der Waals surface area contributed by atoms with Gasteiger partial charge in [-0.3, -0.25) is 4.57 Å². The number of nitrogens with zero attached hydrogens (tertiary/aromatic N) is 4. The van der Waals surface area contributed by atoms with Crippen LogP contribution in [0.2, 0.25) is 0 Å². The molecule has 0 aliphatic carbocycles. The first kappa shape index (κ1) is 23.0. The van der Waals surface area contributed by atoms with Gasteiger partial charge in [-0.15, -0.1) is 10.2 Å². The third-order valence-electron chi connectivity index (χ3n) is 5.74. The number of methoxy groups -OCH3 is 1. The summed E-state index contributed by atoms with van der Waals surface area (Å²) in [4.78, 5) is 15.4. The molecule has 0 radical (unpaired) electrons. The molecule has 1 aromatic carbocycles. The molecule has 0 spiro atoms. The minimum Gasteiger partial charge on any atom is -0.496 e. The van der Waals surface area contributed by atoms with Crippen LogP contribution in [-0.2, 0) is 4.74 Å². The summed E-state index contributed by atoms with van der Waals surface area (Å²) in [6, 6.07) is 5.98. The molecule has 0 saturated carbocycles. The Kier molecular flexibility index (Phi) is 6.01. The van der Waals surface area contributed by atoms with Gasteiger partial charge < -0.3 is 14.4 Å². The van der Waals surface area contributed by atoms with Crippen LogP contribution in [0.3, 0.4) is 0 Å². The van der Waals surface area contributed by atoms with Crippen LogP contribution >= 0.6 is 0 Å². The highest BCUT2D eigenvalue weighted by atomic mass is 16.6. The standard InChI is InChI=1S/C26H32N4O3/c1-16-11-17(2)23(22(12-16)32-7)20-13-21-24(28-27-20)19(18-9-8-10-29(6)14-18)15-30(21)25(31)33-26(3,4)5/h9,11-13,15H,8,10,14H2,1-7H3. The highest BCUT2D eigenvalue weighted by Gasteiger charge is 2.25. The first-order valence-corrected chi connectivity index (χ1v) is 11.2. The molecule has 7 nitrogen and oxygen atoms in total. The Bertz CT molecular complexity index is 1250. The summed E-state index contributed by atoms with van der Waals surface area (Å²) in [6.45, 7) is 11.4. The molecule has 0 unspecified atom stereocenters. The SMILES string of the molecule is COc1cc(C)cc(C)c1-c1cc2c(nn1)c(C1=CCCN(C)C1)cn2C(=O)OC(C)(C)C. The van der Waals surface area contributed by atoms with Gasteiger partial charge in [0.15, 0.2) is 0 Å². The topological polar surface area (TPSA) is 69.5 Å². The average Bonchev–Trinajstić information content (AvgIpc) is 3.11. The number of hydrogen-bond acceptors (Lipinski definition) is 6. The van der Waals surface area contributed by atoms with Crippen molar-refractivity contribution in [2.24, 2.45) is 0 Å². The monoisotopic (exact) mass is 448 g/mol.